The molecule has 1 atom stereocenters. The van der Waals surface area contributed by atoms with Gasteiger partial charge in [0.2, 0.25) is 0 Å². The van der Waals surface area contributed by atoms with Gasteiger partial charge < -0.3 is 10.6 Å². The molecule has 1 aliphatic rings. The molecule has 0 aromatic rings. The molecular weight excluding hydrogens is 188 g/mol. The van der Waals surface area contributed by atoms with E-state index in [1.165, 1.54) is 12.8 Å². The maximum Gasteiger partial charge on any atom is 0.314 e. The lowest BCUT2D eigenvalue weighted by Crippen LogP contribution is -2.57. The number of urea groups is 1. The number of amides is 2. The minimum absolute atomic E-state index is 0.0432. The van der Waals surface area contributed by atoms with Crippen LogP contribution < -0.4 is 10.6 Å². The summed E-state index contributed by atoms with van der Waals surface area (Å²) in [4.78, 5) is 11.1. The van der Waals surface area contributed by atoms with Crippen LogP contribution in [0.3, 0.4) is 0 Å². The standard InChI is InChI=1S/C12H22N2O/c1-4-6-10(3)12(7-5-2)8-13-11(15)14-9-12/h5,10H,2,4,6-9H2,1,3H3,(H2,13,14,15). The molecule has 1 heterocycles. The first-order valence-electron chi connectivity index (χ1n) is 5.77. The molecule has 1 rings (SSSR count). The third-order valence-electron chi connectivity index (χ3n) is 3.52. The van der Waals surface area contributed by atoms with E-state index in [1.54, 1.807) is 0 Å². The van der Waals surface area contributed by atoms with Crippen LogP contribution in [0.25, 0.3) is 0 Å². The topological polar surface area (TPSA) is 41.1 Å². The summed E-state index contributed by atoms with van der Waals surface area (Å²) in [6.07, 6.45) is 5.31. The third kappa shape index (κ3) is 2.74. The molecule has 0 spiro atoms. The molecule has 3 heteroatoms. The van der Waals surface area contributed by atoms with E-state index in [1.807, 2.05) is 6.08 Å². The molecule has 15 heavy (non-hydrogen) atoms. The van der Waals surface area contributed by atoms with Gasteiger partial charge in [0, 0.05) is 18.5 Å². The zero-order chi connectivity index (χ0) is 11.3. The molecule has 2 amide bonds. The van der Waals surface area contributed by atoms with Gasteiger partial charge in [-0.25, -0.2) is 4.79 Å². The molecule has 0 aromatic heterocycles. The number of allylic oxidation sites excluding steroid dienone is 1. The highest BCUT2D eigenvalue weighted by Crippen LogP contribution is 2.35. The second-order valence-corrected chi connectivity index (χ2v) is 4.58. The van der Waals surface area contributed by atoms with E-state index in [0.717, 1.165) is 19.5 Å². The summed E-state index contributed by atoms with van der Waals surface area (Å²) in [6.45, 7) is 9.83. The van der Waals surface area contributed by atoms with Crippen LogP contribution in [0.1, 0.15) is 33.1 Å². The summed E-state index contributed by atoms with van der Waals surface area (Å²) >= 11 is 0. The van der Waals surface area contributed by atoms with Crippen LogP contribution in [-0.2, 0) is 0 Å². The first-order valence-corrected chi connectivity index (χ1v) is 5.77. The number of hydrogen-bond donors (Lipinski definition) is 2. The molecule has 0 aromatic carbocycles. The van der Waals surface area contributed by atoms with Gasteiger partial charge in [-0.15, -0.1) is 6.58 Å². The van der Waals surface area contributed by atoms with E-state index in [0.29, 0.717) is 5.92 Å². The molecule has 0 bridgehead atoms. The van der Waals surface area contributed by atoms with Gasteiger partial charge in [0.25, 0.3) is 0 Å². The molecule has 86 valence electrons. The molecule has 1 fully saturated rings. The van der Waals surface area contributed by atoms with Gasteiger partial charge >= 0.3 is 6.03 Å². The van der Waals surface area contributed by atoms with Crippen LogP contribution in [0.5, 0.6) is 0 Å². The monoisotopic (exact) mass is 210 g/mol. The fourth-order valence-corrected chi connectivity index (χ4v) is 2.36. The van der Waals surface area contributed by atoms with Gasteiger partial charge in [-0.3, -0.25) is 0 Å². The Bertz CT molecular complexity index is 228. The van der Waals surface area contributed by atoms with Crippen molar-refractivity contribution in [3.8, 4) is 0 Å². The lowest BCUT2D eigenvalue weighted by Gasteiger charge is -2.42. The quantitative estimate of drug-likeness (QED) is 0.672. The normalized spacial score (nSPS) is 21.3. The predicted octanol–water partition coefficient (Wildman–Crippen LogP) is 2.30. The first-order chi connectivity index (χ1) is 7.14. The van der Waals surface area contributed by atoms with Gasteiger partial charge in [0.15, 0.2) is 0 Å². The van der Waals surface area contributed by atoms with Gasteiger partial charge in [0.1, 0.15) is 0 Å². The van der Waals surface area contributed by atoms with Crippen LogP contribution in [-0.4, -0.2) is 19.1 Å². The summed E-state index contributed by atoms with van der Waals surface area (Å²) in [5.74, 6) is 0.605. The van der Waals surface area contributed by atoms with Crippen molar-refractivity contribution in [1.82, 2.24) is 10.6 Å². The van der Waals surface area contributed by atoms with Crippen molar-refractivity contribution in [3.63, 3.8) is 0 Å². The van der Waals surface area contributed by atoms with Gasteiger partial charge in [-0.2, -0.15) is 0 Å². The van der Waals surface area contributed by atoms with E-state index in [2.05, 4.69) is 31.1 Å². The van der Waals surface area contributed by atoms with Crippen molar-refractivity contribution in [3.05, 3.63) is 12.7 Å². The van der Waals surface area contributed by atoms with E-state index in [9.17, 15) is 4.79 Å². The molecule has 3 nitrogen and oxygen atoms in total. The number of rotatable bonds is 5. The molecule has 0 aliphatic carbocycles. The highest BCUT2D eigenvalue weighted by Gasteiger charge is 2.37. The molecular formula is C12H22N2O. The maximum absolute atomic E-state index is 11.1. The van der Waals surface area contributed by atoms with Crippen LogP contribution in [0, 0.1) is 11.3 Å². The lowest BCUT2D eigenvalue weighted by atomic mass is 9.71. The smallest absolute Gasteiger partial charge is 0.314 e. The summed E-state index contributed by atoms with van der Waals surface area (Å²) in [7, 11) is 0. The number of hydrogen-bond acceptors (Lipinski definition) is 1. The van der Waals surface area contributed by atoms with Gasteiger partial charge in [-0.05, 0) is 12.3 Å². The van der Waals surface area contributed by atoms with Crippen molar-refractivity contribution in [2.75, 3.05) is 13.1 Å². The maximum atomic E-state index is 11.1. The first kappa shape index (κ1) is 12.1. The second kappa shape index (κ2) is 5.19. The average molecular weight is 210 g/mol. The highest BCUT2D eigenvalue weighted by molar-refractivity contribution is 5.74. The van der Waals surface area contributed by atoms with Gasteiger partial charge in [0.05, 0.1) is 0 Å². The van der Waals surface area contributed by atoms with Crippen LogP contribution in [0.15, 0.2) is 12.7 Å². The fourth-order valence-electron chi connectivity index (χ4n) is 2.36. The van der Waals surface area contributed by atoms with Crippen LogP contribution in [0.4, 0.5) is 4.79 Å². The van der Waals surface area contributed by atoms with Crippen molar-refractivity contribution in [2.24, 2.45) is 11.3 Å². The Hall–Kier alpha value is -0.990. The Labute approximate surface area is 92.3 Å². The minimum atomic E-state index is -0.0432. The zero-order valence-corrected chi connectivity index (χ0v) is 9.81. The van der Waals surface area contributed by atoms with Crippen LogP contribution in [0.2, 0.25) is 0 Å². The largest absolute Gasteiger partial charge is 0.338 e. The van der Waals surface area contributed by atoms with E-state index in [4.69, 9.17) is 0 Å². The van der Waals surface area contributed by atoms with E-state index < -0.39 is 0 Å². The lowest BCUT2D eigenvalue weighted by molar-refractivity contribution is 0.136. The van der Waals surface area contributed by atoms with Crippen molar-refractivity contribution in [2.45, 2.75) is 33.1 Å². The summed E-state index contributed by atoms with van der Waals surface area (Å²) in [5.41, 5.74) is 0.158. The summed E-state index contributed by atoms with van der Waals surface area (Å²) < 4.78 is 0. The average Bonchev–Trinajstić information content (AvgIpc) is 2.22. The Balaban J connectivity index is 2.69. The van der Waals surface area contributed by atoms with Gasteiger partial charge in [-0.1, -0.05) is 32.8 Å². The molecule has 0 saturated carbocycles. The zero-order valence-electron chi connectivity index (χ0n) is 9.81. The summed E-state index contributed by atoms with van der Waals surface area (Å²) in [5, 5.41) is 5.80. The Morgan fingerprint density at radius 1 is 1.53 bits per heavy atom. The fraction of sp³-hybridized carbons (Fsp3) is 0.750. The second-order valence-electron chi connectivity index (χ2n) is 4.58. The van der Waals surface area contributed by atoms with Crippen molar-refractivity contribution < 1.29 is 4.79 Å². The molecule has 1 saturated heterocycles. The highest BCUT2D eigenvalue weighted by atomic mass is 16.2. The minimum Gasteiger partial charge on any atom is -0.338 e. The molecule has 1 unspecified atom stereocenters. The SMILES string of the molecule is C=CCC1(C(C)CCC)CNC(=O)NC1. The summed E-state index contributed by atoms with van der Waals surface area (Å²) in [6, 6.07) is -0.0432. The third-order valence-corrected chi connectivity index (χ3v) is 3.52. The Morgan fingerprint density at radius 3 is 2.60 bits per heavy atom. The van der Waals surface area contributed by atoms with Crippen molar-refractivity contribution in [1.29, 1.82) is 0 Å². The number of carbonyl (C=O) groups is 1. The van der Waals surface area contributed by atoms with E-state index in [-0.39, 0.29) is 11.4 Å². The molecule has 2 N–H and O–H groups in total. The Kier molecular flexibility index (Phi) is 4.18. The number of carbonyl (C=O) groups excluding carboxylic acids is 1. The van der Waals surface area contributed by atoms with Crippen molar-refractivity contribution >= 4 is 6.03 Å². The van der Waals surface area contributed by atoms with Crippen LogP contribution >= 0.6 is 0 Å². The van der Waals surface area contributed by atoms with E-state index >= 15 is 0 Å². The number of nitrogens with one attached hydrogen (secondary N) is 2. The predicted molar refractivity (Wildman–Crippen MR) is 62.7 cm³/mol. The molecule has 0 radical (unpaired) electrons. The molecule has 1 aliphatic heterocycles. The Morgan fingerprint density at radius 2 is 2.13 bits per heavy atom.